The first kappa shape index (κ1) is 11.2. The standard InChI is InChI=1S/C9H13BrN2O2/c1-9(2,8(13)14)3-4-12-6-7(10)5-11-12/h5-6H,3-4H2,1-2H3,(H,13,14). The molecule has 0 radical (unpaired) electrons. The Morgan fingerprint density at radius 3 is 2.79 bits per heavy atom. The van der Waals surface area contributed by atoms with Crippen molar-refractivity contribution < 1.29 is 9.90 Å². The fourth-order valence-corrected chi connectivity index (χ4v) is 1.29. The molecule has 1 heterocycles. The van der Waals surface area contributed by atoms with Crippen LogP contribution in [-0.4, -0.2) is 20.9 Å². The van der Waals surface area contributed by atoms with Gasteiger partial charge in [0.15, 0.2) is 0 Å². The number of hydrogen-bond donors (Lipinski definition) is 1. The van der Waals surface area contributed by atoms with Gasteiger partial charge in [-0.25, -0.2) is 0 Å². The summed E-state index contributed by atoms with van der Waals surface area (Å²) >= 11 is 3.28. The van der Waals surface area contributed by atoms with E-state index in [1.165, 1.54) is 0 Å². The fourth-order valence-electron chi connectivity index (χ4n) is 0.962. The van der Waals surface area contributed by atoms with Crippen molar-refractivity contribution >= 4 is 21.9 Å². The summed E-state index contributed by atoms with van der Waals surface area (Å²) in [5, 5.41) is 12.9. The molecule has 0 amide bonds. The van der Waals surface area contributed by atoms with Crippen LogP contribution >= 0.6 is 15.9 Å². The molecule has 0 aliphatic heterocycles. The SMILES string of the molecule is CC(C)(CCn1cc(Br)cn1)C(=O)O. The third kappa shape index (κ3) is 2.83. The van der Waals surface area contributed by atoms with Crippen LogP contribution in [0.3, 0.4) is 0 Å². The Hall–Kier alpha value is -0.840. The van der Waals surface area contributed by atoms with E-state index >= 15 is 0 Å². The van der Waals surface area contributed by atoms with Gasteiger partial charge in [-0.1, -0.05) is 0 Å². The first-order valence-corrected chi connectivity index (χ1v) is 5.12. The average Bonchev–Trinajstić information content (AvgIpc) is 2.48. The predicted octanol–water partition coefficient (Wildman–Crippen LogP) is 2.15. The second-order valence-corrected chi connectivity index (χ2v) is 4.78. The Bertz CT molecular complexity index is 333. The molecule has 0 fully saturated rings. The maximum atomic E-state index is 10.8. The Kier molecular flexibility index (Phi) is 3.31. The van der Waals surface area contributed by atoms with Crippen molar-refractivity contribution in [3.8, 4) is 0 Å². The van der Waals surface area contributed by atoms with Crippen LogP contribution < -0.4 is 0 Å². The van der Waals surface area contributed by atoms with Crippen molar-refractivity contribution in [2.24, 2.45) is 5.41 Å². The maximum absolute atomic E-state index is 10.8. The minimum atomic E-state index is -0.774. The van der Waals surface area contributed by atoms with Gasteiger partial charge in [-0.05, 0) is 36.2 Å². The average molecular weight is 261 g/mol. The van der Waals surface area contributed by atoms with Gasteiger partial charge in [0.2, 0.25) is 0 Å². The molecule has 5 heteroatoms. The van der Waals surface area contributed by atoms with E-state index in [-0.39, 0.29) is 0 Å². The number of carboxylic acids is 1. The number of carbonyl (C=O) groups is 1. The van der Waals surface area contributed by atoms with Gasteiger partial charge in [0.1, 0.15) is 0 Å². The zero-order valence-electron chi connectivity index (χ0n) is 8.20. The first-order chi connectivity index (χ1) is 6.42. The molecule has 0 unspecified atom stereocenters. The highest BCUT2D eigenvalue weighted by molar-refractivity contribution is 9.10. The summed E-state index contributed by atoms with van der Waals surface area (Å²) in [7, 11) is 0. The lowest BCUT2D eigenvalue weighted by atomic mass is 9.90. The van der Waals surface area contributed by atoms with Crippen LogP contribution in [-0.2, 0) is 11.3 Å². The van der Waals surface area contributed by atoms with Gasteiger partial charge in [0, 0.05) is 12.7 Å². The molecule has 1 N–H and O–H groups in total. The number of nitrogens with zero attached hydrogens (tertiary/aromatic N) is 2. The molecule has 1 rings (SSSR count). The zero-order chi connectivity index (χ0) is 10.8. The van der Waals surface area contributed by atoms with Crippen LogP contribution in [0.15, 0.2) is 16.9 Å². The minimum Gasteiger partial charge on any atom is -0.481 e. The number of aliphatic carboxylic acids is 1. The topological polar surface area (TPSA) is 55.1 Å². The summed E-state index contributed by atoms with van der Waals surface area (Å²) in [4.78, 5) is 10.8. The van der Waals surface area contributed by atoms with E-state index in [9.17, 15) is 4.79 Å². The van der Waals surface area contributed by atoms with Crippen LogP contribution in [0.5, 0.6) is 0 Å². The monoisotopic (exact) mass is 260 g/mol. The van der Waals surface area contributed by atoms with E-state index in [0.29, 0.717) is 13.0 Å². The van der Waals surface area contributed by atoms with Crippen molar-refractivity contribution in [1.29, 1.82) is 0 Å². The highest BCUT2D eigenvalue weighted by Crippen LogP contribution is 2.21. The Balaban J connectivity index is 2.52. The maximum Gasteiger partial charge on any atom is 0.309 e. The molecule has 0 saturated heterocycles. The van der Waals surface area contributed by atoms with E-state index in [0.717, 1.165) is 4.47 Å². The van der Waals surface area contributed by atoms with E-state index in [4.69, 9.17) is 5.11 Å². The van der Waals surface area contributed by atoms with E-state index in [1.54, 1.807) is 24.7 Å². The third-order valence-electron chi connectivity index (χ3n) is 2.15. The lowest BCUT2D eigenvalue weighted by Gasteiger charge is -2.18. The summed E-state index contributed by atoms with van der Waals surface area (Å²) < 4.78 is 2.64. The molecule has 0 aliphatic carbocycles. The van der Waals surface area contributed by atoms with Gasteiger partial charge < -0.3 is 5.11 Å². The first-order valence-electron chi connectivity index (χ1n) is 4.33. The van der Waals surface area contributed by atoms with E-state index in [1.807, 2.05) is 6.20 Å². The van der Waals surface area contributed by atoms with Crippen molar-refractivity contribution in [3.63, 3.8) is 0 Å². The molecule has 0 spiro atoms. The predicted molar refractivity (Wildman–Crippen MR) is 56.0 cm³/mol. The lowest BCUT2D eigenvalue weighted by molar-refractivity contribution is -0.147. The second-order valence-electron chi connectivity index (χ2n) is 3.86. The summed E-state index contributed by atoms with van der Waals surface area (Å²) in [6, 6.07) is 0. The van der Waals surface area contributed by atoms with Gasteiger partial charge in [-0.15, -0.1) is 0 Å². The van der Waals surface area contributed by atoms with Crippen LogP contribution in [0.4, 0.5) is 0 Å². The third-order valence-corrected chi connectivity index (χ3v) is 2.56. The van der Waals surface area contributed by atoms with E-state index < -0.39 is 11.4 Å². The smallest absolute Gasteiger partial charge is 0.309 e. The molecule has 4 nitrogen and oxygen atoms in total. The molecule has 14 heavy (non-hydrogen) atoms. The molecule has 78 valence electrons. The number of carboxylic acid groups (broad SMARTS) is 1. The fraction of sp³-hybridized carbons (Fsp3) is 0.556. The molecular weight excluding hydrogens is 248 g/mol. The quantitative estimate of drug-likeness (QED) is 0.903. The molecule has 1 aromatic heterocycles. The molecular formula is C9H13BrN2O2. The van der Waals surface area contributed by atoms with Gasteiger partial charge in [0.25, 0.3) is 0 Å². The number of rotatable bonds is 4. The Morgan fingerprint density at radius 2 is 2.36 bits per heavy atom. The summed E-state index contributed by atoms with van der Waals surface area (Å²) in [6.07, 6.45) is 4.09. The second kappa shape index (κ2) is 4.13. The highest BCUT2D eigenvalue weighted by atomic mass is 79.9. The molecule has 0 aromatic carbocycles. The van der Waals surface area contributed by atoms with Crippen LogP contribution in [0.2, 0.25) is 0 Å². The summed E-state index contributed by atoms with van der Waals surface area (Å²) in [6.45, 7) is 4.05. The van der Waals surface area contributed by atoms with Gasteiger partial charge in [0.05, 0.1) is 16.1 Å². The van der Waals surface area contributed by atoms with Crippen LogP contribution in [0.25, 0.3) is 0 Å². The number of hydrogen-bond acceptors (Lipinski definition) is 2. The zero-order valence-corrected chi connectivity index (χ0v) is 9.78. The Morgan fingerprint density at radius 1 is 1.71 bits per heavy atom. The van der Waals surface area contributed by atoms with Crippen molar-refractivity contribution in [3.05, 3.63) is 16.9 Å². The summed E-state index contributed by atoms with van der Waals surface area (Å²) in [5.41, 5.74) is -0.696. The van der Waals surface area contributed by atoms with Crippen molar-refractivity contribution in [2.75, 3.05) is 0 Å². The Labute approximate surface area is 91.1 Å². The van der Waals surface area contributed by atoms with Crippen molar-refractivity contribution in [2.45, 2.75) is 26.8 Å². The van der Waals surface area contributed by atoms with Gasteiger partial charge in [-0.2, -0.15) is 5.10 Å². The van der Waals surface area contributed by atoms with Crippen molar-refractivity contribution in [1.82, 2.24) is 9.78 Å². The van der Waals surface area contributed by atoms with E-state index in [2.05, 4.69) is 21.0 Å². The highest BCUT2D eigenvalue weighted by Gasteiger charge is 2.26. The minimum absolute atomic E-state index is 0.566. The van der Waals surface area contributed by atoms with Gasteiger partial charge in [-0.3, -0.25) is 9.48 Å². The largest absolute Gasteiger partial charge is 0.481 e. The number of halogens is 1. The molecule has 0 aliphatic rings. The lowest BCUT2D eigenvalue weighted by Crippen LogP contribution is -2.25. The molecule has 0 atom stereocenters. The van der Waals surface area contributed by atoms with Crippen LogP contribution in [0.1, 0.15) is 20.3 Å². The normalized spacial score (nSPS) is 11.6. The number of aryl methyl sites for hydroxylation is 1. The molecule has 0 saturated carbocycles. The number of aromatic nitrogens is 2. The van der Waals surface area contributed by atoms with Gasteiger partial charge >= 0.3 is 5.97 Å². The molecule has 1 aromatic rings. The molecule has 0 bridgehead atoms. The summed E-state index contributed by atoms with van der Waals surface area (Å²) in [5.74, 6) is -0.774. The van der Waals surface area contributed by atoms with Crippen LogP contribution in [0, 0.1) is 5.41 Å².